The number of hydrogen-bond donors (Lipinski definition) is 1. The molecule has 1 N–H and O–H groups in total. The molecule has 0 spiro atoms. The summed E-state index contributed by atoms with van der Waals surface area (Å²) in [7, 11) is 0. The summed E-state index contributed by atoms with van der Waals surface area (Å²) >= 11 is 0. The summed E-state index contributed by atoms with van der Waals surface area (Å²) in [6, 6.07) is 15.4. The van der Waals surface area contributed by atoms with Crippen LogP contribution < -0.4 is 4.74 Å². The third-order valence-electron chi connectivity index (χ3n) is 3.06. The van der Waals surface area contributed by atoms with Crippen LogP contribution in [-0.4, -0.2) is 21.7 Å². The number of benzene rings is 2. The molecule has 0 radical (unpaired) electrons. The Kier molecular flexibility index (Phi) is 3.46. The first-order chi connectivity index (χ1) is 9.83. The molecule has 20 heavy (non-hydrogen) atoms. The van der Waals surface area contributed by atoms with Gasteiger partial charge in [0.1, 0.15) is 5.75 Å². The Labute approximate surface area is 116 Å². The van der Waals surface area contributed by atoms with Crippen molar-refractivity contribution in [2.24, 2.45) is 0 Å². The van der Waals surface area contributed by atoms with Crippen molar-refractivity contribution in [1.29, 1.82) is 0 Å². The zero-order chi connectivity index (χ0) is 13.8. The molecule has 0 atom stereocenters. The minimum atomic E-state index is 0.288. The van der Waals surface area contributed by atoms with Crippen LogP contribution in [0.25, 0.3) is 10.9 Å². The van der Waals surface area contributed by atoms with Gasteiger partial charge in [0.15, 0.2) is 0 Å². The van der Waals surface area contributed by atoms with E-state index in [0.29, 0.717) is 19.0 Å². The van der Waals surface area contributed by atoms with E-state index in [0.717, 1.165) is 16.5 Å². The minimum absolute atomic E-state index is 0.288. The first kappa shape index (κ1) is 12.4. The molecule has 2 aromatic carbocycles. The van der Waals surface area contributed by atoms with Gasteiger partial charge in [-0.25, -0.2) is 4.98 Å². The molecule has 0 saturated carbocycles. The maximum Gasteiger partial charge on any atom is 0.316 e. The van der Waals surface area contributed by atoms with E-state index in [-0.39, 0.29) is 5.75 Å². The van der Waals surface area contributed by atoms with Gasteiger partial charge in [0.2, 0.25) is 0 Å². The van der Waals surface area contributed by atoms with Gasteiger partial charge in [-0.2, -0.15) is 4.98 Å². The molecule has 0 unspecified atom stereocenters. The predicted octanol–water partition coefficient (Wildman–Crippen LogP) is 2.96. The van der Waals surface area contributed by atoms with Gasteiger partial charge in [0.05, 0.1) is 12.1 Å². The highest BCUT2D eigenvalue weighted by molar-refractivity contribution is 5.77. The summed E-state index contributed by atoms with van der Waals surface area (Å²) in [6.07, 6.45) is 2.36. The monoisotopic (exact) mass is 266 g/mol. The Morgan fingerprint density at radius 3 is 2.70 bits per heavy atom. The second-order valence-electron chi connectivity index (χ2n) is 4.44. The van der Waals surface area contributed by atoms with Crippen molar-refractivity contribution in [3.63, 3.8) is 0 Å². The number of aromatic nitrogens is 2. The number of fused-ring (bicyclic) bond motifs is 1. The van der Waals surface area contributed by atoms with Crippen LogP contribution in [0.5, 0.6) is 11.8 Å². The fraction of sp³-hybridized carbons (Fsp3) is 0.125. The van der Waals surface area contributed by atoms with E-state index in [1.165, 1.54) is 0 Å². The van der Waals surface area contributed by atoms with E-state index < -0.39 is 0 Å². The minimum Gasteiger partial charge on any atom is -0.508 e. The molecule has 0 aliphatic heterocycles. The second kappa shape index (κ2) is 5.57. The van der Waals surface area contributed by atoms with Gasteiger partial charge in [-0.15, -0.1) is 0 Å². The molecule has 4 nitrogen and oxygen atoms in total. The van der Waals surface area contributed by atoms with E-state index >= 15 is 0 Å². The molecule has 100 valence electrons. The third kappa shape index (κ3) is 2.69. The Bertz CT molecular complexity index is 728. The Morgan fingerprint density at radius 1 is 1.00 bits per heavy atom. The first-order valence-corrected chi connectivity index (χ1v) is 6.44. The average Bonchev–Trinajstić information content (AvgIpc) is 2.49. The van der Waals surface area contributed by atoms with Crippen molar-refractivity contribution in [1.82, 2.24) is 9.97 Å². The number of phenolic OH excluding ortho intramolecular Hbond substituents is 1. The van der Waals surface area contributed by atoms with Gasteiger partial charge in [-0.05, 0) is 17.7 Å². The van der Waals surface area contributed by atoms with E-state index in [1.54, 1.807) is 18.3 Å². The maximum absolute atomic E-state index is 9.66. The highest BCUT2D eigenvalue weighted by atomic mass is 16.5. The van der Waals surface area contributed by atoms with Crippen LogP contribution in [0.3, 0.4) is 0 Å². The highest BCUT2D eigenvalue weighted by Gasteiger charge is 2.03. The zero-order valence-electron chi connectivity index (χ0n) is 10.9. The summed E-state index contributed by atoms with van der Waals surface area (Å²) in [5.74, 6) is 0.288. The molecule has 3 aromatic rings. The van der Waals surface area contributed by atoms with Crippen LogP contribution in [0.4, 0.5) is 0 Å². The van der Waals surface area contributed by atoms with Gasteiger partial charge in [-0.1, -0.05) is 36.4 Å². The summed E-state index contributed by atoms with van der Waals surface area (Å²) in [6.45, 7) is 0.427. The zero-order valence-corrected chi connectivity index (χ0v) is 10.9. The van der Waals surface area contributed by atoms with Crippen LogP contribution >= 0.6 is 0 Å². The topological polar surface area (TPSA) is 55.2 Å². The molecule has 0 aliphatic carbocycles. The number of para-hydroxylation sites is 2. The molecule has 1 aromatic heterocycles. The fourth-order valence-electron chi connectivity index (χ4n) is 2.00. The first-order valence-electron chi connectivity index (χ1n) is 6.44. The lowest BCUT2D eigenvalue weighted by Gasteiger charge is -2.06. The quantitative estimate of drug-likeness (QED) is 0.788. The number of aromatic hydroxyl groups is 1. The number of nitrogens with zero attached hydrogens (tertiary/aromatic N) is 2. The molecule has 3 rings (SSSR count). The lowest BCUT2D eigenvalue weighted by Crippen LogP contribution is -2.04. The normalized spacial score (nSPS) is 10.6. The summed E-state index contributed by atoms with van der Waals surface area (Å²) in [5.41, 5.74) is 1.72. The van der Waals surface area contributed by atoms with Crippen LogP contribution in [0, 0.1) is 0 Å². The predicted molar refractivity (Wildman–Crippen MR) is 76.8 cm³/mol. The molecule has 0 aliphatic rings. The Morgan fingerprint density at radius 2 is 1.80 bits per heavy atom. The molecule has 4 heteroatoms. The molecule has 0 bridgehead atoms. The van der Waals surface area contributed by atoms with Gasteiger partial charge in [0.25, 0.3) is 0 Å². The number of ether oxygens (including phenoxy) is 1. The SMILES string of the molecule is Oc1ccccc1CCOc1ncc2ccccc2n1. The number of rotatable bonds is 4. The van der Waals surface area contributed by atoms with Gasteiger partial charge < -0.3 is 9.84 Å². The van der Waals surface area contributed by atoms with Crippen molar-refractivity contribution in [2.75, 3.05) is 6.61 Å². The van der Waals surface area contributed by atoms with Crippen molar-refractivity contribution in [2.45, 2.75) is 6.42 Å². The number of hydrogen-bond acceptors (Lipinski definition) is 4. The third-order valence-corrected chi connectivity index (χ3v) is 3.06. The van der Waals surface area contributed by atoms with E-state index in [4.69, 9.17) is 4.74 Å². The summed E-state index contributed by atoms with van der Waals surface area (Å²) in [4.78, 5) is 8.50. The van der Waals surface area contributed by atoms with Crippen molar-refractivity contribution < 1.29 is 9.84 Å². The van der Waals surface area contributed by atoms with Crippen LogP contribution in [-0.2, 0) is 6.42 Å². The largest absolute Gasteiger partial charge is 0.508 e. The molecule has 0 fully saturated rings. The van der Waals surface area contributed by atoms with Crippen LogP contribution in [0.2, 0.25) is 0 Å². The molecule has 1 heterocycles. The summed E-state index contributed by atoms with van der Waals surface area (Å²) < 4.78 is 5.54. The fourth-order valence-corrected chi connectivity index (χ4v) is 2.00. The van der Waals surface area contributed by atoms with Gasteiger partial charge >= 0.3 is 6.01 Å². The smallest absolute Gasteiger partial charge is 0.316 e. The highest BCUT2D eigenvalue weighted by Crippen LogP contribution is 2.17. The Hall–Kier alpha value is -2.62. The number of phenols is 1. The lowest BCUT2D eigenvalue weighted by atomic mass is 10.1. The average molecular weight is 266 g/mol. The maximum atomic E-state index is 9.66. The molecular formula is C16H14N2O2. The van der Waals surface area contributed by atoms with E-state index in [1.807, 2.05) is 36.4 Å². The standard InChI is InChI=1S/C16H14N2O2/c19-15-8-4-2-5-12(15)9-10-20-16-17-11-13-6-1-3-7-14(13)18-16/h1-8,11,19H,9-10H2. The molecule has 0 saturated heterocycles. The molecule has 0 amide bonds. The van der Waals surface area contributed by atoms with Crippen molar-refractivity contribution >= 4 is 10.9 Å². The van der Waals surface area contributed by atoms with Gasteiger partial charge in [-0.3, -0.25) is 0 Å². The molecular weight excluding hydrogens is 252 g/mol. The second-order valence-corrected chi connectivity index (χ2v) is 4.44. The van der Waals surface area contributed by atoms with E-state index in [2.05, 4.69) is 9.97 Å². The lowest BCUT2D eigenvalue weighted by molar-refractivity contribution is 0.295. The summed E-state index contributed by atoms with van der Waals surface area (Å²) in [5, 5.41) is 10.6. The Balaban J connectivity index is 1.67. The van der Waals surface area contributed by atoms with Crippen LogP contribution in [0.1, 0.15) is 5.56 Å². The van der Waals surface area contributed by atoms with Crippen molar-refractivity contribution in [3.8, 4) is 11.8 Å². The van der Waals surface area contributed by atoms with Crippen LogP contribution in [0.15, 0.2) is 54.7 Å². The van der Waals surface area contributed by atoms with Crippen molar-refractivity contribution in [3.05, 3.63) is 60.3 Å². The van der Waals surface area contributed by atoms with E-state index in [9.17, 15) is 5.11 Å². The van der Waals surface area contributed by atoms with Gasteiger partial charge in [0, 0.05) is 18.0 Å².